The first-order valence-electron chi connectivity index (χ1n) is 4.76. The van der Waals surface area contributed by atoms with E-state index in [-0.39, 0.29) is 22.2 Å². The molecule has 2 aromatic rings. The van der Waals surface area contributed by atoms with Gasteiger partial charge >= 0.3 is 6.18 Å². The summed E-state index contributed by atoms with van der Waals surface area (Å²) in [5.41, 5.74) is -0.833. The van der Waals surface area contributed by atoms with Crippen LogP contribution >= 0.6 is 11.5 Å². The van der Waals surface area contributed by atoms with E-state index in [1.54, 1.807) is 0 Å². The van der Waals surface area contributed by atoms with Gasteiger partial charge in [-0.3, -0.25) is 9.78 Å². The predicted molar refractivity (Wildman–Crippen MR) is 58.1 cm³/mol. The van der Waals surface area contributed by atoms with Crippen LogP contribution in [0.15, 0.2) is 18.3 Å². The van der Waals surface area contributed by atoms with Crippen molar-refractivity contribution in [3.8, 4) is 11.4 Å². The monoisotopic (exact) mass is 273 g/mol. The summed E-state index contributed by atoms with van der Waals surface area (Å²) in [7, 11) is 0. The van der Waals surface area contributed by atoms with Gasteiger partial charge in [0.1, 0.15) is 5.69 Å². The van der Waals surface area contributed by atoms with Crippen molar-refractivity contribution < 1.29 is 18.0 Å². The van der Waals surface area contributed by atoms with Crippen LogP contribution in [0.5, 0.6) is 0 Å². The Hall–Kier alpha value is -1.83. The molecular weight excluding hydrogens is 267 g/mol. The van der Waals surface area contributed by atoms with Crippen LogP contribution in [0.1, 0.15) is 22.4 Å². The molecule has 2 rings (SSSR count). The highest BCUT2D eigenvalue weighted by molar-refractivity contribution is 7.07. The minimum absolute atomic E-state index is 0.0955. The van der Waals surface area contributed by atoms with Gasteiger partial charge in [-0.15, -0.1) is 0 Å². The highest BCUT2D eigenvalue weighted by Crippen LogP contribution is 2.29. The van der Waals surface area contributed by atoms with E-state index in [1.807, 2.05) is 0 Å². The number of halogens is 3. The fraction of sp³-hybridized carbons (Fsp3) is 0.200. The molecule has 2 heterocycles. The molecule has 0 saturated carbocycles. The van der Waals surface area contributed by atoms with E-state index in [2.05, 4.69) is 14.3 Å². The first-order chi connectivity index (χ1) is 8.38. The molecule has 0 amide bonds. The zero-order valence-electron chi connectivity index (χ0n) is 9.02. The van der Waals surface area contributed by atoms with Gasteiger partial charge < -0.3 is 0 Å². The van der Waals surface area contributed by atoms with Gasteiger partial charge in [-0.2, -0.15) is 17.5 Å². The van der Waals surface area contributed by atoms with Gasteiger partial charge in [-0.05, 0) is 23.7 Å². The molecule has 94 valence electrons. The number of hydrogen-bond donors (Lipinski definition) is 0. The number of aromatic nitrogens is 3. The van der Waals surface area contributed by atoms with Gasteiger partial charge in [0.2, 0.25) is 0 Å². The summed E-state index contributed by atoms with van der Waals surface area (Å²) in [5, 5.41) is 0.162. The Morgan fingerprint density at radius 3 is 2.67 bits per heavy atom. The second-order valence-electron chi connectivity index (χ2n) is 3.41. The highest BCUT2D eigenvalue weighted by atomic mass is 32.1. The van der Waals surface area contributed by atoms with Crippen molar-refractivity contribution in [1.29, 1.82) is 0 Å². The lowest BCUT2D eigenvalue weighted by Gasteiger charge is -2.05. The molecule has 0 saturated heterocycles. The summed E-state index contributed by atoms with van der Waals surface area (Å²) in [6.45, 7) is 1.32. The second-order valence-corrected chi connectivity index (χ2v) is 4.16. The van der Waals surface area contributed by atoms with E-state index in [0.717, 1.165) is 23.8 Å². The second kappa shape index (κ2) is 4.45. The average Bonchev–Trinajstić information content (AvgIpc) is 2.77. The molecule has 0 fully saturated rings. The van der Waals surface area contributed by atoms with E-state index in [0.29, 0.717) is 0 Å². The number of alkyl halides is 3. The maximum Gasteiger partial charge on any atom is 0.433 e. The van der Waals surface area contributed by atoms with Crippen LogP contribution in [0.25, 0.3) is 11.4 Å². The Balaban J connectivity index is 2.41. The van der Waals surface area contributed by atoms with Crippen LogP contribution in [0, 0.1) is 0 Å². The molecule has 0 N–H and O–H groups in total. The zero-order chi connectivity index (χ0) is 13.3. The summed E-state index contributed by atoms with van der Waals surface area (Å²) in [5.74, 6) is -0.179. The predicted octanol–water partition coefficient (Wildman–Crippen LogP) is 2.82. The number of carbonyl (C=O) groups is 1. The van der Waals surface area contributed by atoms with E-state index in [4.69, 9.17) is 0 Å². The summed E-state index contributed by atoms with van der Waals surface area (Å²) in [4.78, 5) is 18.1. The topological polar surface area (TPSA) is 55.7 Å². The number of pyridine rings is 1. The lowest BCUT2D eigenvalue weighted by atomic mass is 10.2. The normalized spacial score (nSPS) is 11.6. The standard InChI is InChI=1S/C10H6F3N3OS/c1-5(17)9-15-8(16-18-9)6-2-3-14-7(4-6)10(11,12)13/h2-4H,1H3. The number of hydrogen-bond acceptors (Lipinski definition) is 5. The molecule has 0 spiro atoms. The third-order valence-corrected chi connectivity index (χ3v) is 2.85. The molecule has 0 radical (unpaired) electrons. The first kappa shape index (κ1) is 12.6. The quantitative estimate of drug-likeness (QED) is 0.789. The molecule has 0 aliphatic rings. The van der Waals surface area contributed by atoms with Crippen LogP contribution in [-0.4, -0.2) is 20.1 Å². The van der Waals surface area contributed by atoms with E-state index < -0.39 is 11.9 Å². The van der Waals surface area contributed by atoms with E-state index in [9.17, 15) is 18.0 Å². The number of ketones is 1. The Morgan fingerprint density at radius 1 is 1.39 bits per heavy atom. The van der Waals surface area contributed by atoms with Gasteiger partial charge in [0.25, 0.3) is 0 Å². The Bertz CT molecular complexity index is 594. The molecule has 0 bridgehead atoms. The maximum absolute atomic E-state index is 12.5. The maximum atomic E-state index is 12.5. The fourth-order valence-electron chi connectivity index (χ4n) is 1.21. The lowest BCUT2D eigenvalue weighted by Crippen LogP contribution is -2.07. The Labute approximate surface area is 104 Å². The Morgan fingerprint density at radius 2 is 2.11 bits per heavy atom. The minimum atomic E-state index is -4.52. The van der Waals surface area contributed by atoms with Gasteiger partial charge in [0.05, 0.1) is 0 Å². The number of Topliss-reactive ketones (excluding diaryl/α,β-unsaturated/α-hetero) is 1. The first-order valence-corrected chi connectivity index (χ1v) is 5.53. The van der Waals surface area contributed by atoms with Crippen LogP contribution in [0.4, 0.5) is 13.2 Å². The smallest absolute Gasteiger partial charge is 0.292 e. The molecule has 8 heteroatoms. The summed E-state index contributed by atoms with van der Waals surface area (Å²) in [6.07, 6.45) is -3.48. The van der Waals surface area contributed by atoms with Crippen molar-refractivity contribution in [1.82, 2.24) is 14.3 Å². The third kappa shape index (κ3) is 2.53. The van der Waals surface area contributed by atoms with Crippen molar-refractivity contribution in [3.05, 3.63) is 29.0 Å². The molecule has 18 heavy (non-hydrogen) atoms. The third-order valence-electron chi connectivity index (χ3n) is 2.04. The molecule has 0 aliphatic carbocycles. The fourth-order valence-corrected chi connectivity index (χ4v) is 1.78. The minimum Gasteiger partial charge on any atom is -0.292 e. The van der Waals surface area contributed by atoms with E-state index >= 15 is 0 Å². The summed E-state index contributed by atoms with van der Waals surface area (Å²) in [6, 6.07) is 2.22. The van der Waals surface area contributed by atoms with Crippen molar-refractivity contribution in [2.45, 2.75) is 13.1 Å². The average molecular weight is 273 g/mol. The van der Waals surface area contributed by atoms with Crippen LogP contribution in [-0.2, 0) is 6.18 Å². The summed E-state index contributed by atoms with van der Waals surface area (Å²) < 4.78 is 41.2. The highest BCUT2D eigenvalue weighted by Gasteiger charge is 2.32. The van der Waals surface area contributed by atoms with Crippen molar-refractivity contribution in [2.75, 3.05) is 0 Å². The molecule has 2 aromatic heterocycles. The van der Waals surface area contributed by atoms with E-state index in [1.165, 1.54) is 13.0 Å². The SMILES string of the molecule is CC(=O)c1nc(-c2ccnc(C(F)(F)F)c2)ns1. The molecule has 4 nitrogen and oxygen atoms in total. The number of carbonyl (C=O) groups excluding carboxylic acids is 1. The van der Waals surface area contributed by atoms with Crippen LogP contribution in [0.3, 0.4) is 0 Å². The van der Waals surface area contributed by atoms with Crippen LogP contribution in [0.2, 0.25) is 0 Å². The molecule has 0 atom stereocenters. The lowest BCUT2D eigenvalue weighted by molar-refractivity contribution is -0.141. The molecule has 0 unspecified atom stereocenters. The zero-order valence-corrected chi connectivity index (χ0v) is 9.84. The van der Waals surface area contributed by atoms with Crippen molar-refractivity contribution in [2.24, 2.45) is 0 Å². The largest absolute Gasteiger partial charge is 0.433 e. The van der Waals surface area contributed by atoms with Gasteiger partial charge in [-0.25, -0.2) is 4.98 Å². The van der Waals surface area contributed by atoms with Gasteiger partial charge in [-0.1, -0.05) is 0 Å². The van der Waals surface area contributed by atoms with Gasteiger partial charge in [0.15, 0.2) is 16.6 Å². The Kier molecular flexibility index (Phi) is 3.12. The van der Waals surface area contributed by atoms with Gasteiger partial charge in [0, 0.05) is 18.7 Å². The molecular formula is C10H6F3N3OS. The number of nitrogens with zero attached hydrogens (tertiary/aromatic N) is 3. The molecule has 0 aliphatic heterocycles. The van der Waals surface area contributed by atoms with Crippen LogP contribution < -0.4 is 0 Å². The van der Waals surface area contributed by atoms with Crippen molar-refractivity contribution >= 4 is 17.3 Å². The number of rotatable bonds is 2. The van der Waals surface area contributed by atoms with Crippen molar-refractivity contribution in [3.63, 3.8) is 0 Å². The molecule has 0 aromatic carbocycles. The summed E-state index contributed by atoms with van der Waals surface area (Å²) >= 11 is 0.854.